The maximum atomic E-state index is 11.7. The van der Waals surface area contributed by atoms with E-state index in [2.05, 4.69) is 15.6 Å². The number of ether oxygens (including phenoxy) is 1. The summed E-state index contributed by atoms with van der Waals surface area (Å²) in [7, 11) is 0. The maximum absolute atomic E-state index is 11.7. The Kier molecular flexibility index (Phi) is 5.74. The number of hydrogen-bond donors (Lipinski definition) is 4. The van der Waals surface area contributed by atoms with Gasteiger partial charge >= 0.3 is 5.69 Å². The third-order valence-electron chi connectivity index (χ3n) is 2.50. The van der Waals surface area contributed by atoms with E-state index in [1.54, 1.807) is 0 Å². The van der Waals surface area contributed by atoms with Crippen LogP contribution >= 0.6 is 12.4 Å². The van der Waals surface area contributed by atoms with Crippen molar-refractivity contribution in [3.8, 4) is 0 Å². The van der Waals surface area contributed by atoms with Crippen molar-refractivity contribution in [1.29, 1.82) is 0 Å². The van der Waals surface area contributed by atoms with Crippen LogP contribution in [0, 0.1) is 0 Å². The van der Waals surface area contributed by atoms with E-state index in [9.17, 15) is 14.4 Å². The van der Waals surface area contributed by atoms with Gasteiger partial charge in [-0.25, -0.2) is 4.79 Å². The Balaban J connectivity index is 0.00000180. The highest BCUT2D eigenvalue weighted by Gasteiger charge is 2.15. The summed E-state index contributed by atoms with van der Waals surface area (Å²) >= 11 is 0. The second-order valence-corrected chi connectivity index (χ2v) is 3.91. The number of amides is 1. The molecule has 1 unspecified atom stereocenters. The number of nitrogens with one attached hydrogen (secondary N) is 4. The van der Waals surface area contributed by atoms with Gasteiger partial charge < -0.3 is 20.4 Å². The molecule has 0 aliphatic carbocycles. The standard InChI is InChI=1S/C10H14N4O4.ClH/c15-8-3-7(13-10(17)14-8)9(16)12-5-6-4-11-1-2-18-6;/h3,6,11H,1-2,4-5H2,(H,12,16)(H2,13,14,15,17);1H. The van der Waals surface area contributed by atoms with Crippen LogP contribution in [0.1, 0.15) is 10.5 Å². The van der Waals surface area contributed by atoms with Crippen molar-refractivity contribution >= 4 is 18.3 Å². The number of rotatable bonds is 3. The smallest absolute Gasteiger partial charge is 0.326 e. The molecule has 1 aromatic rings. The van der Waals surface area contributed by atoms with Crippen LogP contribution in [0.5, 0.6) is 0 Å². The zero-order valence-corrected chi connectivity index (χ0v) is 10.8. The van der Waals surface area contributed by atoms with Crippen LogP contribution in [0.2, 0.25) is 0 Å². The molecule has 1 saturated heterocycles. The number of aromatic amines is 2. The summed E-state index contributed by atoms with van der Waals surface area (Å²) in [6.07, 6.45) is -0.101. The van der Waals surface area contributed by atoms with Gasteiger partial charge in [-0.2, -0.15) is 0 Å². The summed E-state index contributed by atoms with van der Waals surface area (Å²) in [5, 5.41) is 5.72. The van der Waals surface area contributed by atoms with Gasteiger partial charge in [0.2, 0.25) is 0 Å². The molecule has 0 radical (unpaired) electrons. The molecule has 1 amide bonds. The predicted octanol–water partition coefficient (Wildman–Crippen LogP) is -1.80. The third-order valence-corrected chi connectivity index (χ3v) is 2.50. The Morgan fingerprint density at radius 3 is 2.84 bits per heavy atom. The molecular weight excluding hydrogens is 276 g/mol. The lowest BCUT2D eigenvalue weighted by molar-refractivity contribution is 0.0286. The monoisotopic (exact) mass is 290 g/mol. The molecule has 9 heteroatoms. The molecule has 0 aromatic carbocycles. The Labute approximate surface area is 114 Å². The van der Waals surface area contributed by atoms with E-state index in [0.717, 1.165) is 12.6 Å². The first-order valence-corrected chi connectivity index (χ1v) is 5.59. The fourth-order valence-electron chi connectivity index (χ4n) is 1.64. The average Bonchev–Trinajstić information content (AvgIpc) is 2.36. The van der Waals surface area contributed by atoms with Gasteiger partial charge in [0.15, 0.2) is 0 Å². The topological polar surface area (TPSA) is 116 Å². The normalized spacial score (nSPS) is 18.4. The molecule has 1 aliphatic heterocycles. The van der Waals surface area contributed by atoms with Crippen molar-refractivity contribution in [3.05, 3.63) is 32.6 Å². The van der Waals surface area contributed by atoms with Crippen molar-refractivity contribution in [2.45, 2.75) is 6.10 Å². The third kappa shape index (κ3) is 4.51. The summed E-state index contributed by atoms with van der Waals surface area (Å²) in [6.45, 7) is 2.38. The van der Waals surface area contributed by atoms with Crippen LogP contribution in [0.3, 0.4) is 0 Å². The summed E-state index contributed by atoms with van der Waals surface area (Å²) in [6, 6.07) is 1.04. The summed E-state index contributed by atoms with van der Waals surface area (Å²) < 4.78 is 5.39. The Morgan fingerprint density at radius 1 is 1.42 bits per heavy atom. The number of halogens is 1. The van der Waals surface area contributed by atoms with Gasteiger partial charge in [-0.1, -0.05) is 0 Å². The van der Waals surface area contributed by atoms with E-state index in [4.69, 9.17) is 4.74 Å². The van der Waals surface area contributed by atoms with Crippen LogP contribution in [0.25, 0.3) is 0 Å². The SMILES string of the molecule is Cl.O=C(NCC1CNCCO1)c1cc(=O)[nH]c(=O)[nH]1. The van der Waals surface area contributed by atoms with Crippen molar-refractivity contribution in [2.75, 3.05) is 26.2 Å². The summed E-state index contributed by atoms with van der Waals surface area (Å²) in [4.78, 5) is 38.0. The van der Waals surface area contributed by atoms with E-state index < -0.39 is 17.2 Å². The van der Waals surface area contributed by atoms with E-state index >= 15 is 0 Å². The number of H-pyrrole nitrogens is 2. The number of hydrogen-bond acceptors (Lipinski definition) is 5. The number of morpholine rings is 1. The summed E-state index contributed by atoms with van der Waals surface area (Å²) in [5.74, 6) is -0.507. The molecule has 19 heavy (non-hydrogen) atoms. The second kappa shape index (κ2) is 7.07. The highest BCUT2D eigenvalue weighted by atomic mass is 35.5. The van der Waals surface area contributed by atoms with Crippen LogP contribution in [0.15, 0.2) is 15.7 Å². The van der Waals surface area contributed by atoms with Crippen molar-refractivity contribution < 1.29 is 9.53 Å². The van der Waals surface area contributed by atoms with Crippen molar-refractivity contribution in [2.24, 2.45) is 0 Å². The minimum atomic E-state index is -0.705. The minimum Gasteiger partial charge on any atom is -0.374 e. The molecule has 1 aromatic heterocycles. The zero-order chi connectivity index (χ0) is 13.0. The Bertz CT molecular complexity index is 507. The molecule has 0 spiro atoms. The minimum absolute atomic E-state index is 0. The largest absolute Gasteiger partial charge is 0.374 e. The number of carbonyl (C=O) groups is 1. The quantitative estimate of drug-likeness (QED) is 0.524. The van der Waals surface area contributed by atoms with Crippen LogP contribution in [0.4, 0.5) is 0 Å². The highest BCUT2D eigenvalue weighted by molar-refractivity contribution is 5.92. The molecule has 2 rings (SSSR count). The van der Waals surface area contributed by atoms with E-state index in [-0.39, 0.29) is 24.2 Å². The van der Waals surface area contributed by atoms with Crippen molar-refractivity contribution in [3.63, 3.8) is 0 Å². The van der Waals surface area contributed by atoms with E-state index in [1.807, 2.05) is 4.98 Å². The zero-order valence-electron chi connectivity index (χ0n) is 10.0. The first-order valence-electron chi connectivity index (χ1n) is 5.59. The molecule has 2 heterocycles. The summed E-state index contributed by atoms with van der Waals surface area (Å²) in [5.41, 5.74) is -1.38. The Hall–Kier alpha value is -1.64. The van der Waals surface area contributed by atoms with E-state index in [1.165, 1.54) is 0 Å². The molecule has 1 atom stereocenters. The molecule has 1 fully saturated rings. The average molecular weight is 291 g/mol. The Morgan fingerprint density at radius 2 is 2.21 bits per heavy atom. The van der Waals surface area contributed by atoms with Gasteiger partial charge in [-0.3, -0.25) is 14.6 Å². The molecule has 1 aliphatic rings. The van der Waals surface area contributed by atoms with Gasteiger partial charge in [0.05, 0.1) is 12.7 Å². The van der Waals surface area contributed by atoms with Crippen molar-refractivity contribution in [1.82, 2.24) is 20.6 Å². The molecule has 4 N–H and O–H groups in total. The first-order chi connectivity index (χ1) is 8.65. The van der Waals surface area contributed by atoms with Crippen LogP contribution in [-0.2, 0) is 4.74 Å². The number of carbonyl (C=O) groups excluding carboxylic acids is 1. The van der Waals surface area contributed by atoms with Gasteiger partial charge in [0, 0.05) is 25.7 Å². The number of aromatic nitrogens is 2. The molecule has 0 bridgehead atoms. The first kappa shape index (κ1) is 15.4. The molecule has 0 saturated carbocycles. The maximum Gasteiger partial charge on any atom is 0.326 e. The molecule has 106 valence electrons. The highest BCUT2D eigenvalue weighted by Crippen LogP contribution is 1.94. The fraction of sp³-hybridized carbons (Fsp3) is 0.500. The molecule has 8 nitrogen and oxygen atoms in total. The van der Waals surface area contributed by atoms with Crippen LogP contribution < -0.4 is 21.9 Å². The predicted molar refractivity (Wildman–Crippen MR) is 69.9 cm³/mol. The lowest BCUT2D eigenvalue weighted by atomic mass is 10.3. The van der Waals surface area contributed by atoms with E-state index in [0.29, 0.717) is 19.7 Å². The lowest BCUT2D eigenvalue weighted by Crippen LogP contribution is -2.45. The van der Waals surface area contributed by atoms with Gasteiger partial charge in [-0.15, -0.1) is 12.4 Å². The van der Waals surface area contributed by atoms with Gasteiger partial charge in [-0.05, 0) is 0 Å². The van der Waals surface area contributed by atoms with Gasteiger partial charge in [0.25, 0.3) is 11.5 Å². The van der Waals surface area contributed by atoms with Crippen LogP contribution in [-0.4, -0.2) is 48.2 Å². The fourth-order valence-corrected chi connectivity index (χ4v) is 1.64. The molecular formula is C10H15ClN4O4. The lowest BCUT2D eigenvalue weighted by Gasteiger charge is -2.23. The second-order valence-electron chi connectivity index (χ2n) is 3.91. The van der Waals surface area contributed by atoms with Gasteiger partial charge in [0.1, 0.15) is 5.69 Å².